The first-order valence-electron chi connectivity index (χ1n) is 12.1. The Bertz CT molecular complexity index is 1110. The Morgan fingerprint density at radius 2 is 1.69 bits per heavy atom. The summed E-state index contributed by atoms with van der Waals surface area (Å²) in [5, 5.41) is 11.3. The molecule has 1 aliphatic rings. The van der Waals surface area contributed by atoms with Crippen molar-refractivity contribution in [3.63, 3.8) is 0 Å². The Kier molecular flexibility index (Phi) is 8.98. The number of ether oxygens (including phenoxy) is 3. The van der Waals surface area contributed by atoms with Crippen molar-refractivity contribution >= 4 is 17.4 Å². The minimum Gasteiger partial charge on any atom is -0.507 e. The lowest BCUT2D eigenvalue weighted by Gasteiger charge is -2.27. The molecule has 1 aliphatic heterocycles. The van der Waals surface area contributed by atoms with Gasteiger partial charge in [-0.1, -0.05) is 13.8 Å². The van der Waals surface area contributed by atoms with Gasteiger partial charge in [-0.05, 0) is 69.4 Å². The summed E-state index contributed by atoms with van der Waals surface area (Å²) in [6.45, 7) is 5.78. The Morgan fingerprint density at radius 1 is 1.03 bits per heavy atom. The fourth-order valence-corrected chi connectivity index (χ4v) is 4.16. The molecule has 1 heterocycles. The summed E-state index contributed by atoms with van der Waals surface area (Å²) in [5.41, 5.74) is 1.06. The van der Waals surface area contributed by atoms with E-state index >= 15 is 0 Å². The molecular weight excluding hydrogens is 460 g/mol. The van der Waals surface area contributed by atoms with Gasteiger partial charge in [0.1, 0.15) is 23.0 Å². The fraction of sp³-hybridized carbons (Fsp3) is 0.429. The number of rotatable bonds is 11. The van der Waals surface area contributed by atoms with Gasteiger partial charge in [0.25, 0.3) is 11.7 Å². The molecule has 8 nitrogen and oxygen atoms in total. The third-order valence-corrected chi connectivity index (χ3v) is 5.99. The van der Waals surface area contributed by atoms with Crippen molar-refractivity contribution in [3.8, 4) is 17.2 Å². The fourth-order valence-electron chi connectivity index (χ4n) is 4.16. The van der Waals surface area contributed by atoms with Gasteiger partial charge in [0.15, 0.2) is 0 Å². The van der Waals surface area contributed by atoms with Crippen molar-refractivity contribution in [2.75, 3.05) is 48.0 Å². The van der Waals surface area contributed by atoms with Gasteiger partial charge < -0.3 is 29.1 Å². The number of carbonyl (C=O) groups is 2. The van der Waals surface area contributed by atoms with E-state index in [1.54, 1.807) is 49.6 Å². The number of nitrogens with zero attached hydrogens (tertiary/aromatic N) is 2. The second-order valence-electron chi connectivity index (χ2n) is 9.49. The van der Waals surface area contributed by atoms with Crippen LogP contribution < -0.4 is 14.2 Å². The second-order valence-corrected chi connectivity index (χ2v) is 9.49. The highest BCUT2D eigenvalue weighted by atomic mass is 16.5. The zero-order valence-corrected chi connectivity index (χ0v) is 21.9. The molecule has 2 aromatic carbocycles. The molecule has 0 aromatic heterocycles. The zero-order valence-electron chi connectivity index (χ0n) is 21.9. The predicted octanol–water partition coefficient (Wildman–Crippen LogP) is 4.11. The molecule has 0 bridgehead atoms. The Morgan fingerprint density at radius 3 is 2.28 bits per heavy atom. The van der Waals surface area contributed by atoms with E-state index in [0.717, 1.165) is 6.54 Å². The van der Waals surface area contributed by atoms with Gasteiger partial charge >= 0.3 is 0 Å². The third-order valence-electron chi connectivity index (χ3n) is 5.99. The van der Waals surface area contributed by atoms with Crippen LogP contribution in [0, 0.1) is 5.92 Å². The van der Waals surface area contributed by atoms with E-state index in [4.69, 9.17) is 14.2 Å². The van der Waals surface area contributed by atoms with Crippen molar-refractivity contribution in [1.82, 2.24) is 9.80 Å². The first-order valence-corrected chi connectivity index (χ1v) is 12.1. The maximum Gasteiger partial charge on any atom is 0.295 e. The van der Waals surface area contributed by atoms with E-state index in [9.17, 15) is 14.7 Å². The molecular formula is C28H36N2O6. The minimum absolute atomic E-state index is 0.0316. The van der Waals surface area contributed by atoms with Crippen LogP contribution in [0.4, 0.5) is 0 Å². The molecule has 1 saturated heterocycles. The van der Waals surface area contributed by atoms with Gasteiger partial charge in [-0.25, -0.2) is 0 Å². The Labute approximate surface area is 213 Å². The summed E-state index contributed by atoms with van der Waals surface area (Å²) in [5.74, 6) is 0.482. The van der Waals surface area contributed by atoms with Crippen LogP contribution in [0.15, 0.2) is 48.0 Å². The number of amides is 1. The molecule has 8 heteroatoms. The lowest BCUT2D eigenvalue weighted by molar-refractivity contribution is -0.140. The molecule has 0 radical (unpaired) electrons. The molecule has 36 heavy (non-hydrogen) atoms. The number of methoxy groups -OCH3 is 2. The van der Waals surface area contributed by atoms with Crippen LogP contribution in [-0.4, -0.2) is 74.6 Å². The van der Waals surface area contributed by atoms with Crippen molar-refractivity contribution < 1.29 is 28.9 Å². The average Bonchev–Trinajstić information content (AvgIpc) is 3.11. The quantitative estimate of drug-likeness (QED) is 0.285. The van der Waals surface area contributed by atoms with Crippen molar-refractivity contribution in [3.05, 3.63) is 59.2 Å². The lowest BCUT2D eigenvalue weighted by atomic mass is 9.94. The standard InChI is InChI=1S/C28H36N2O6/c1-18(2)17-36-20-10-8-19(9-11-20)26(31)24-25(22-13-12-21(34-5)16-23(22)35-6)30(28(33)27(24)32)15-7-14-29(3)4/h8-13,16,18,25,31H,7,14-15,17H2,1-6H3/t25-/m0/s1. The number of carbonyl (C=O) groups excluding carboxylic acids is 2. The van der Waals surface area contributed by atoms with Crippen LogP contribution >= 0.6 is 0 Å². The molecule has 1 N–H and O–H groups in total. The number of aliphatic hydroxyl groups is 1. The van der Waals surface area contributed by atoms with Crippen LogP contribution in [0.1, 0.15) is 37.4 Å². The van der Waals surface area contributed by atoms with Gasteiger partial charge in [-0.3, -0.25) is 9.59 Å². The van der Waals surface area contributed by atoms with E-state index in [1.807, 2.05) is 19.0 Å². The van der Waals surface area contributed by atoms with E-state index in [1.165, 1.54) is 12.0 Å². The van der Waals surface area contributed by atoms with Crippen LogP contribution in [0.3, 0.4) is 0 Å². The molecule has 0 unspecified atom stereocenters. The third kappa shape index (κ3) is 5.99. The lowest BCUT2D eigenvalue weighted by Crippen LogP contribution is -2.32. The van der Waals surface area contributed by atoms with Crippen LogP contribution in [0.5, 0.6) is 17.2 Å². The number of aliphatic hydroxyl groups excluding tert-OH is 1. The van der Waals surface area contributed by atoms with Crippen molar-refractivity contribution in [2.45, 2.75) is 26.3 Å². The minimum atomic E-state index is -0.801. The number of benzene rings is 2. The SMILES string of the molecule is COc1ccc([C@H]2C(=C(O)c3ccc(OCC(C)C)cc3)C(=O)C(=O)N2CCCN(C)C)c(OC)c1. The highest BCUT2D eigenvalue weighted by Gasteiger charge is 2.46. The smallest absolute Gasteiger partial charge is 0.295 e. The van der Waals surface area contributed by atoms with E-state index in [-0.39, 0.29) is 11.3 Å². The molecule has 1 fully saturated rings. The largest absolute Gasteiger partial charge is 0.507 e. The Balaban J connectivity index is 2.08. The van der Waals surface area contributed by atoms with Gasteiger partial charge in [0, 0.05) is 23.7 Å². The van der Waals surface area contributed by atoms with Gasteiger partial charge in [-0.2, -0.15) is 0 Å². The highest BCUT2D eigenvalue weighted by Crippen LogP contribution is 2.43. The summed E-state index contributed by atoms with van der Waals surface area (Å²) in [6, 6.07) is 11.3. The number of likely N-dealkylation sites (tertiary alicyclic amines) is 1. The van der Waals surface area contributed by atoms with Crippen LogP contribution in [0.25, 0.3) is 5.76 Å². The first-order chi connectivity index (χ1) is 17.2. The maximum atomic E-state index is 13.3. The molecule has 2 aromatic rings. The Hall–Kier alpha value is -3.52. The number of hydrogen-bond donors (Lipinski definition) is 1. The molecule has 0 spiro atoms. The van der Waals surface area contributed by atoms with Gasteiger partial charge in [-0.15, -0.1) is 0 Å². The summed E-state index contributed by atoms with van der Waals surface area (Å²) >= 11 is 0. The number of hydrogen-bond acceptors (Lipinski definition) is 7. The molecule has 1 amide bonds. The molecule has 1 atom stereocenters. The van der Waals surface area contributed by atoms with Gasteiger partial charge in [0.2, 0.25) is 0 Å². The highest BCUT2D eigenvalue weighted by molar-refractivity contribution is 6.46. The van der Waals surface area contributed by atoms with Crippen molar-refractivity contribution in [2.24, 2.45) is 5.92 Å². The molecule has 0 aliphatic carbocycles. The normalized spacial score (nSPS) is 17.2. The first kappa shape index (κ1) is 27.1. The predicted molar refractivity (Wildman–Crippen MR) is 139 cm³/mol. The summed E-state index contributed by atoms with van der Waals surface area (Å²) in [7, 11) is 6.97. The maximum absolute atomic E-state index is 13.3. The van der Waals surface area contributed by atoms with E-state index in [0.29, 0.717) is 53.9 Å². The number of ketones is 1. The summed E-state index contributed by atoms with van der Waals surface area (Å²) < 4.78 is 16.6. The van der Waals surface area contributed by atoms with Crippen LogP contribution in [-0.2, 0) is 9.59 Å². The average molecular weight is 497 g/mol. The van der Waals surface area contributed by atoms with E-state index in [2.05, 4.69) is 13.8 Å². The van der Waals surface area contributed by atoms with Gasteiger partial charge in [0.05, 0.1) is 32.4 Å². The monoisotopic (exact) mass is 496 g/mol. The molecule has 194 valence electrons. The van der Waals surface area contributed by atoms with E-state index < -0.39 is 17.7 Å². The summed E-state index contributed by atoms with van der Waals surface area (Å²) in [6.07, 6.45) is 0.664. The number of Topliss-reactive ketones (excluding diaryl/α,β-unsaturated/α-hetero) is 1. The topological polar surface area (TPSA) is 88.5 Å². The summed E-state index contributed by atoms with van der Waals surface area (Å²) in [4.78, 5) is 30.0. The second kappa shape index (κ2) is 11.9. The zero-order chi connectivity index (χ0) is 26.4. The van der Waals surface area contributed by atoms with Crippen LogP contribution in [0.2, 0.25) is 0 Å². The van der Waals surface area contributed by atoms with Crippen molar-refractivity contribution in [1.29, 1.82) is 0 Å². The molecule has 0 saturated carbocycles. The molecule has 3 rings (SSSR count).